The number of ketones is 1. The summed E-state index contributed by atoms with van der Waals surface area (Å²) in [6.07, 6.45) is 1.25. The molecule has 3 nitrogen and oxygen atoms in total. The number of hydrogen-bond acceptors (Lipinski definition) is 3. The fourth-order valence-corrected chi connectivity index (χ4v) is 1.30. The standard InChI is InChI=1S/C12H17NO2/c14-10-4-8-13-9-7-12(15)11-5-2-1-3-6-11/h1-3,5-6,13-14H,4,7-10H2. The lowest BCUT2D eigenvalue weighted by molar-refractivity contribution is 0.0982. The van der Waals surface area contributed by atoms with E-state index in [2.05, 4.69) is 5.32 Å². The lowest BCUT2D eigenvalue weighted by Gasteiger charge is -2.02. The summed E-state index contributed by atoms with van der Waals surface area (Å²) in [7, 11) is 0. The molecule has 0 aliphatic rings. The molecule has 0 saturated heterocycles. The third kappa shape index (κ3) is 4.72. The topological polar surface area (TPSA) is 49.3 Å². The second-order valence-electron chi connectivity index (χ2n) is 3.37. The van der Waals surface area contributed by atoms with Crippen LogP contribution in [0.4, 0.5) is 0 Å². The zero-order valence-electron chi connectivity index (χ0n) is 8.78. The maximum absolute atomic E-state index is 11.6. The molecule has 0 unspecified atom stereocenters. The van der Waals surface area contributed by atoms with Crippen molar-refractivity contribution in [3.8, 4) is 0 Å². The van der Waals surface area contributed by atoms with Gasteiger partial charge in [-0.05, 0) is 13.0 Å². The van der Waals surface area contributed by atoms with Gasteiger partial charge in [-0.1, -0.05) is 30.3 Å². The van der Waals surface area contributed by atoms with Gasteiger partial charge >= 0.3 is 0 Å². The van der Waals surface area contributed by atoms with Gasteiger partial charge in [0, 0.05) is 25.1 Å². The van der Waals surface area contributed by atoms with Crippen molar-refractivity contribution >= 4 is 5.78 Å². The highest BCUT2D eigenvalue weighted by Crippen LogP contribution is 2.01. The average molecular weight is 207 g/mol. The van der Waals surface area contributed by atoms with E-state index in [0.29, 0.717) is 13.0 Å². The second kappa shape index (κ2) is 7.15. The first-order valence-corrected chi connectivity index (χ1v) is 5.24. The second-order valence-corrected chi connectivity index (χ2v) is 3.37. The number of rotatable bonds is 7. The summed E-state index contributed by atoms with van der Waals surface area (Å²) >= 11 is 0. The largest absolute Gasteiger partial charge is 0.396 e. The fourth-order valence-electron chi connectivity index (χ4n) is 1.30. The van der Waals surface area contributed by atoms with Crippen molar-refractivity contribution in [2.24, 2.45) is 0 Å². The van der Waals surface area contributed by atoms with Crippen LogP contribution in [-0.2, 0) is 0 Å². The normalized spacial score (nSPS) is 10.2. The molecule has 15 heavy (non-hydrogen) atoms. The summed E-state index contributed by atoms with van der Waals surface area (Å²) in [6, 6.07) is 9.29. The van der Waals surface area contributed by atoms with Gasteiger partial charge < -0.3 is 10.4 Å². The molecule has 82 valence electrons. The maximum Gasteiger partial charge on any atom is 0.164 e. The van der Waals surface area contributed by atoms with Gasteiger partial charge in [0.1, 0.15) is 0 Å². The predicted octanol–water partition coefficient (Wildman–Crippen LogP) is 1.23. The Balaban J connectivity index is 2.20. The van der Waals surface area contributed by atoms with Crippen LogP contribution in [0.1, 0.15) is 23.2 Å². The van der Waals surface area contributed by atoms with E-state index in [0.717, 1.165) is 18.5 Å². The first-order valence-electron chi connectivity index (χ1n) is 5.24. The molecule has 1 aromatic carbocycles. The molecule has 0 aliphatic heterocycles. The number of aliphatic hydroxyl groups is 1. The van der Waals surface area contributed by atoms with E-state index in [1.165, 1.54) is 0 Å². The van der Waals surface area contributed by atoms with Gasteiger partial charge in [0.05, 0.1) is 0 Å². The summed E-state index contributed by atoms with van der Waals surface area (Å²) < 4.78 is 0. The van der Waals surface area contributed by atoms with E-state index in [9.17, 15) is 4.79 Å². The third-order valence-electron chi connectivity index (χ3n) is 2.14. The van der Waals surface area contributed by atoms with Gasteiger partial charge in [0.2, 0.25) is 0 Å². The van der Waals surface area contributed by atoms with Crippen molar-refractivity contribution in [2.75, 3.05) is 19.7 Å². The molecule has 0 saturated carbocycles. The van der Waals surface area contributed by atoms with Crippen LogP contribution < -0.4 is 5.32 Å². The Labute approximate surface area is 90.1 Å². The van der Waals surface area contributed by atoms with Crippen molar-refractivity contribution in [3.63, 3.8) is 0 Å². The first-order chi connectivity index (χ1) is 7.34. The number of benzene rings is 1. The summed E-state index contributed by atoms with van der Waals surface area (Å²) in [5.74, 6) is 0.159. The van der Waals surface area contributed by atoms with Crippen LogP contribution >= 0.6 is 0 Å². The Bertz CT molecular complexity index is 285. The smallest absolute Gasteiger partial charge is 0.164 e. The van der Waals surface area contributed by atoms with E-state index in [-0.39, 0.29) is 12.4 Å². The van der Waals surface area contributed by atoms with Gasteiger partial charge in [-0.2, -0.15) is 0 Å². The minimum atomic E-state index is 0.159. The molecule has 0 bridgehead atoms. The van der Waals surface area contributed by atoms with E-state index in [4.69, 9.17) is 5.11 Å². The van der Waals surface area contributed by atoms with Gasteiger partial charge in [0.25, 0.3) is 0 Å². The lowest BCUT2D eigenvalue weighted by Crippen LogP contribution is -2.20. The van der Waals surface area contributed by atoms with Crippen LogP contribution in [0.2, 0.25) is 0 Å². The molecule has 1 aromatic rings. The molecule has 0 spiro atoms. The summed E-state index contributed by atoms with van der Waals surface area (Å²) in [6.45, 7) is 1.63. The monoisotopic (exact) mass is 207 g/mol. The minimum Gasteiger partial charge on any atom is -0.396 e. The van der Waals surface area contributed by atoms with Gasteiger partial charge in [-0.15, -0.1) is 0 Å². The number of aliphatic hydroxyl groups excluding tert-OH is 1. The molecule has 3 heteroatoms. The minimum absolute atomic E-state index is 0.159. The van der Waals surface area contributed by atoms with Crippen LogP contribution in [0.5, 0.6) is 0 Å². The van der Waals surface area contributed by atoms with Crippen LogP contribution in [-0.4, -0.2) is 30.6 Å². The molecule has 0 amide bonds. The van der Waals surface area contributed by atoms with Crippen LogP contribution in [0.3, 0.4) is 0 Å². The summed E-state index contributed by atoms with van der Waals surface area (Å²) in [4.78, 5) is 11.6. The lowest BCUT2D eigenvalue weighted by atomic mass is 10.1. The van der Waals surface area contributed by atoms with E-state index in [1.54, 1.807) is 0 Å². The highest BCUT2D eigenvalue weighted by Gasteiger charge is 2.03. The highest BCUT2D eigenvalue weighted by molar-refractivity contribution is 5.96. The zero-order chi connectivity index (χ0) is 10.9. The quantitative estimate of drug-likeness (QED) is 0.522. The summed E-state index contributed by atoms with van der Waals surface area (Å²) in [5.41, 5.74) is 0.765. The molecule has 2 N–H and O–H groups in total. The van der Waals surface area contributed by atoms with Crippen molar-refractivity contribution in [1.29, 1.82) is 0 Å². The van der Waals surface area contributed by atoms with Gasteiger partial charge in [-0.3, -0.25) is 4.79 Å². The molecular formula is C12H17NO2. The predicted molar refractivity (Wildman–Crippen MR) is 60.0 cm³/mol. The molecule has 0 fully saturated rings. The van der Waals surface area contributed by atoms with Gasteiger partial charge in [0.15, 0.2) is 5.78 Å². The maximum atomic E-state index is 11.6. The summed E-state index contributed by atoms with van der Waals surface area (Å²) in [5, 5.41) is 11.7. The SMILES string of the molecule is O=C(CCNCCCO)c1ccccc1. The molecule has 1 rings (SSSR count). The molecule has 0 aromatic heterocycles. The number of hydrogen-bond donors (Lipinski definition) is 2. The van der Waals surface area contributed by atoms with E-state index in [1.807, 2.05) is 30.3 Å². The average Bonchev–Trinajstić information content (AvgIpc) is 2.30. The number of Topliss-reactive ketones (excluding diaryl/α,β-unsaturated/α-hetero) is 1. The molecule has 0 radical (unpaired) electrons. The Morgan fingerprint density at radius 1 is 1.20 bits per heavy atom. The van der Waals surface area contributed by atoms with Crippen LogP contribution in [0, 0.1) is 0 Å². The Morgan fingerprint density at radius 3 is 2.60 bits per heavy atom. The van der Waals surface area contributed by atoms with E-state index < -0.39 is 0 Å². The molecular weight excluding hydrogens is 190 g/mol. The fraction of sp³-hybridized carbons (Fsp3) is 0.417. The number of nitrogens with one attached hydrogen (secondary N) is 1. The Morgan fingerprint density at radius 2 is 1.93 bits per heavy atom. The first kappa shape index (κ1) is 11.9. The zero-order valence-corrected chi connectivity index (χ0v) is 8.78. The van der Waals surface area contributed by atoms with Crippen molar-refractivity contribution < 1.29 is 9.90 Å². The van der Waals surface area contributed by atoms with Crippen LogP contribution in [0.15, 0.2) is 30.3 Å². The highest BCUT2D eigenvalue weighted by atomic mass is 16.3. The number of carbonyl (C=O) groups is 1. The van der Waals surface area contributed by atoms with Crippen molar-refractivity contribution in [1.82, 2.24) is 5.32 Å². The molecule has 0 aliphatic carbocycles. The van der Waals surface area contributed by atoms with Crippen LogP contribution in [0.25, 0.3) is 0 Å². The van der Waals surface area contributed by atoms with Crippen molar-refractivity contribution in [3.05, 3.63) is 35.9 Å². The molecule has 0 heterocycles. The Kier molecular flexibility index (Phi) is 5.66. The number of carbonyl (C=O) groups excluding carboxylic acids is 1. The van der Waals surface area contributed by atoms with Gasteiger partial charge in [-0.25, -0.2) is 0 Å². The van der Waals surface area contributed by atoms with E-state index >= 15 is 0 Å². The molecule has 0 atom stereocenters. The Hall–Kier alpha value is -1.19. The third-order valence-corrected chi connectivity index (χ3v) is 2.14. The van der Waals surface area contributed by atoms with Crippen molar-refractivity contribution in [2.45, 2.75) is 12.8 Å².